The predicted octanol–water partition coefficient (Wildman–Crippen LogP) is 4.87. The lowest BCUT2D eigenvalue weighted by Gasteiger charge is -2.13. The number of aryl methyl sites for hydroxylation is 1. The van der Waals surface area contributed by atoms with Gasteiger partial charge in [-0.25, -0.2) is 0 Å². The Bertz CT molecular complexity index is 504. The van der Waals surface area contributed by atoms with E-state index in [1.165, 1.54) is 36.8 Å². The molecule has 1 fully saturated rings. The molecule has 3 rings (SSSR count). The van der Waals surface area contributed by atoms with E-state index in [0.717, 1.165) is 35.8 Å². The van der Waals surface area contributed by atoms with Crippen LogP contribution in [-0.4, -0.2) is 5.24 Å². The molecule has 3 heteroatoms. The molecule has 0 amide bonds. The Balaban J connectivity index is 1.86. The molecule has 1 atom stereocenters. The summed E-state index contributed by atoms with van der Waals surface area (Å²) < 4.78 is 0. The van der Waals surface area contributed by atoms with Crippen molar-refractivity contribution in [1.29, 1.82) is 0 Å². The Morgan fingerprint density at radius 1 is 1.21 bits per heavy atom. The van der Waals surface area contributed by atoms with Crippen LogP contribution in [0.1, 0.15) is 54.7 Å². The molecule has 0 aromatic heterocycles. The molecule has 102 valence electrons. The second-order valence-electron chi connectivity index (χ2n) is 5.89. The quantitative estimate of drug-likeness (QED) is 0.728. The highest BCUT2D eigenvalue weighted by Crippen LogP contribution is 2.39. The van der Waals surface area contributed by atoms with Crippen LogP contribution in [0, 0.1) is 5.92 Å². The fraction of sp³-hybridized carbons (Fsp3) is 0.562. The minimum atomic E-state index is -0.252. The molecule has 1 unspecified atom stereocenters. The Morgan fingerprint density at radius 2 is 1.95 bits per heavy atom. The average molecular weight is 297 g/mol. The first-order valence-electron chi connectivity index (χ1n) is 7.15. The van der Waals surface area contributed by atoms with Gasteiger partial charge in [-0.3, -0.25) is 4.79 Å². The van der Waals surface area contributed by atoms with Gasteiger partial charge < -0.3 is 0 Å². The van der Waals surface area contributed by atoms with Gasteiger partial charge in [-0.05, 0) is 59.5 Å². The number of hydrogen-bond donors (Lipinski definition) is 0. The molecule has 2 aliphatic carbocycles. The first kappa shape index (κ1) is 13.5. The van der Waals surface area contributed by atoms with E-state index in [9.17, 15) is 4.79 Å². The molecule has 19 heavy (non-hydrogen) atoms. The highest BCUT2D eigenvalue weighted by molar-refractivity contribution is 6.64. The number of hydrogen-bond acceptors (Lipinski definition) is 1. The Labute approximate surface area is 124 Å². The molecule has 0 aliphatic heterocycles. The van der Waals surface area contributed by atoms with Gasteiger partial charge in [-0.15, -0.1) is 0 Å². The SMILES string of the molecule is O=C(Cl)C1CCc2cc(CC3CCCC3)c(Cl)cc21. The van der Waals surface area contributed by atoms with Crippen LogP contribution >= 0.6 is 23.2 Å². The van der Waals surface area contributed by atoms with Crippen LogP contribution in [-0.2, 0) is 17.6 Å². The zero-order valence-corrected chi connectivity index (χ0v) is 12.4. The predicted molar refractivity (Wildman–Crippen MR) is 79.0 cm³/mol. The van der Waals surface area contributed by atoms with Gasteiger partial charge >= 0.3 is 0 Å². The van der Waals surface area contributed by atoms with E-state index in [-0.39, 0.29) is 11.2 Å². The lowest BCUT2D eigenvalue weighted by Crippen LogP contribution is -2.04. The maximum atomic E-state index is 11.4. The normalized spacial score (nSPS) is 22.7. The van der Waals surface area contributed by atoms with Crippen LogP contribution in [0.4, 0.5) is 0 Å². The molecule has 0 radical (unpaired) electrons. The summed E-state index contributed by atoms with van der Waals surface area (Å²) >= 11 is 12.1. The molecule has 0 saturated heterocycles. The summed E-state index contributed by atoms with van der Waals surface area (Å²) in [6, 6.07) is 4.20. The van der Waals surface area contributed by atoms with Gasteiger partial charge in [0.25, 0.3) is 0 Å². The summed E-state index contributed by atoms with van der Waals surface area (Å²) in [5.74, 6) is 0.650. The fourth-order valence-corrected chi connectivity index (χ4v) is 4.07. The van der Waals surface area contributed by atoms with Crippen LogP contribution in [0.25, 0.3) is 0 Å². The highest BCUT2D eigenvalue weighted by atomic mass is 35.5. The monoisotopic (exact) mass is 296 g/mol. The number of halogens is 2. The van der Waals surface area contributed by atoms with E-state index < -0.39 is 0 Å². The highest BCUT2D eigenvalue weighted by Gasteiger charge is 2.29. The van der Waals surface area contributed by atoms with Crippen molar-refractivity contribution in [2.75, 3.05) is 0 Å². The van der Waals surface area contributed by atoms with Gasteiger partial charge in [0.1, 0.15) is 0 Å². The lowest BCUT2D eigenvalue weighted by molar-refractivity contribution is -0.112. The maximum Gasteiger partial charge on any atom is 0.229 e. The van der Waals surface area contributed by atoms with Crippen molar-refractivity contribution in [1.82, 2.24) is 0 Å². The third kappa shape index (κ3) is 2.68. The van der Waals surface area contributed by atoms with E-state index in [1.54, 1.807) is 0 Å². The van der Waals surface area contributed by atoms with Gasteiger partial charge in [0, 0.05) is 5.02 Å². The van der Waals surface area contributed by atoms with Gasteiger partial charge in [-0.2, -0.15) is 0 Å². The minimum absolute atomic E-state index is 0.144. The van der Waals surface area contributed by atoms with E-state index in [4.69, 9.17) is 23.2 Å². The van der Waals surface area contributed by atoms with Crippen molar-refractivity contribution < 1.29 is 4.79 Å². The van der Waals surface area contributed by atoms with Gasteiger partial charge in [0.2, 0.25) is 5.24 Å². The maximum absolute atomic E-state index is 11.4. The number of fused-ring (bicyclic) bond motifs is 1. The summed E-state index contributed by atoms with van der Waals surface area (Å²) in [6.45, 7) is 0. The standard InChI is InChI=1S/C16H18Cl2O/c17-15-9-14-11(5-6-13(14)16(18)19)8-12(15)7-10-3-1-2-4-10/h8-10,13H,1-7H2. The molecule has 0 spiro atoms. The van der Waals surface area contributed by atoms with Crippen LogP contribution in [0.3, 0.4) is 0 Å². The molecule has 1 aromatic carbocycles. The average Bonchev–Trinajstić information content (AvgIpc) is 2.98. The second-order valence-corrected chi connectivity index (χ2v) is 6.67. The summed E-state index contributed by atoms with van der Waals surface area (Å²) in [5.41, 5.74) is 3.59. The van der Waals surface area contributed by atoms with Crippen molar-refractivity contribution in [2.45, 2.75) is 50.9 Å². The summed E-state index contributed by atoms with van der Waals surface area (Å²) in [7, 11) is 0. The topological polar surface area (TPSA) is 17.1 Å². The minimum Gasteiger partial charge on any atom is -0.281 e. The van der Waals surface area contributed by atoms with Crippen molar-refractivity contribution in [3.63, 3.8) is 0 Å². The fourth-order valence-electron chi connectivity index (χ4n) is 3.60. The van der Waals surface area contributed by atoms with Crippen LogP contribution in [0.2, 0.25) is 5.02 Å². The third-order valence-corrected chi connectivity index (χ3v) is 5.26. The molecule has 1 saturated carbocycles. The molecule has 1 aromatic rings. The van der Waals surface area contributed by atoms with Gasteiger partial charge in [0.05, 0.1) is 5.92 Å². The van der Waals surface area contributed by atoms with Crippen LogP contribution in [0.15, 0.2) is 12.1 Å². The Hall–Kier alpha value is -0.530. The molecule has 0 N–H and O–H groups in total. The summed E-state index contributed by atoms with van der Waals surface area (Å²) in [4.78, 5) is 11.4. The molecule has 0 heterocycles. The van der Waals surface area contributed by atoms with Crippen molar-refractivity contribution in [3.05, 3.63) is 33.8 Å². The largest absolute Gasteiger partial charge is 0.281 e. The van der Waals surface area contributed by atoms with Gasteiger partial charge in [0.15, 0.2) is 0 Å². The lowest BCUT2D eigenvalue weighted by atomic mass is 9.94. The zero-order valence-electron chi connectivity index (χ0n) is 10.9. The summed E-state index contributed by atoms with van der Waals surface area (Å²) in [5, 5.41) is 0.564. The number of carbonyl (C=O) groups is 1. The second kappa shape index (κ2) is 5.46. The molecular weight excluding hydrogens is 279 g/mol. The smallest absolute Gasteiger partial charge is 0.229 e. The Kier molecular flexibility index (Phi) is 3.86. The van der Waals surface area contributed by atoms with Crippen LogP contribution < -0.4 is 0 Å². The van der Waals surface area contributed by atoms with Crippen LogP contribution in [0.5, 0.6) is 0 Å². The molecular formula is C16H18Cl2O. The van der Waals surface area contributed by atoms with Crippen molar-refractivity contribution in [2.24, 2.45) is 5.92 Å². The zero-order chi connectivity index (χ0) is 13.4. The van der Waals surface area contributed by atoms with E-state index in [1.807, 2.05) is 6.07 Å². The molecule has 0 bridgehead atoms. The number of rotatable bonds is 3. The van der Waals surface area contributed by atoms with E-state index in [2.05, 4.69) is 6.07 Å². The summed E-state index contributed by atoms with van der Waals surface area (Å²) in [6.07, 6.45) is 8.25. The first-order chi connectivity index (χ1) is 9.15. The molecule has 2 aliphatic rings. The third-order valence-electron chi connectivity index (χ3n) is 4.64. The van der Waals surface area contributed by atoms with Crippen molar-refractivity contribution in [3.8, 4) is 0 Å². The van der Waals surface area contributed by atoms with Crippen molar-refractivity contribution >= 4 is 28.4 Å². The number of carbonyl (C=O) groups excluding carboxylic acids is 1. The van der Waals surface area contributed by atoms with E-state index >= 15 is 0 Å². The van der Waals surface area contributed by atoms with Gasteiger partial charge in [-0.1, -0.05) is 43.4 Å². The Morgan fingerprint density at radius 3 is 2.63 bits per heavy atom. The number of benzene rings is 1. The molecule has 1 nitrogen and oxygen atoms in total. The van der Waals surface area contributed by atoms with E-state index in [0.29, 0.717) is 0 Å². The first-order valence-corrected chi connectivity index (χ1v) is 7.91.